The van der Waals surface area contributed by atoms with Crippen LogP contribution in [0.15, 0.2) is 6.07 Å². The maximum absolute atomic E-state index is 12.1. The first-order chi connectivity index (χ1) is 9.62. The quantitative estimate of drug-likeness (QED) is 0.524. The monoisotopic (exact) mass is 278 g/mol. The van der Waals surface area contributed by atoms with Gasteiger partial charge in [-0.25, -0.2) is 15.8 Å². The first-order valence-electron chi connectivity index (χ1n) is 6.95. The molecular formula is C13H22N6O. The van der Waals surface area contributed by atoms with Crippen LogP contribution in [0.1, 0.15) is 29.5 Å². The van der Waals surface area contributed by atoms with Crippen molar-refractivity contribution in [3.63, 3.8) is 0 Å². The Morgan fingerprint density at radius 1 is 1.55 bits per heavy atom. The number of aromatic nitrogens is 2. The predicted molar refractivity (Wildman–Crippen MR) is 77.1 cm³/mol. The van der Waals surface area contributed by atoms with E-state index in [1.807, 2.05) is 0 Å². The zero-order valence-corrected chi connectivity index (χ0v) is 12.0. The summed E-state index contributed by atoms with van der Waals surface area (Å²) in [7, 11) is 0. The van der Waals surface area contributed by atoms with Crippen molar-refractivity contribution in [1.29, 1.82) is 0 Å². The van der Waals surface area contributed by atoms with Crippen LogP contribution in [0.5, 0.6) is 0 Å². The molecule has 2 heterocycles. The van der Waals surface area contributed by atoms with Crippen molar-refractivity contribution < 1.29 is 4.79 Å². The highest BCUT2D eigenvalue weighted by atomic mass is 16.1. The van der Waals surface area contributed by atoms with Gasteiger partial charge in [0.05, 0.1) is 0 Å². The molecule has 0 aromatic carbocycles. The lowest BCUT2D eigenvalue weighted by Gasteiger charge is -2.13. The van der Waals surface area contributed by atoms with Crippen LogP contribution in [0.4, 0.5) is 5.95 Å². The van der Waals surface area contributed by atoms with Crippen molar-refractivity contribution >= 4 is 11.9 Å². The molecule has 1 aliphatic heterocycles. The number of hydrogen-bond donors (Lipinski definition) is 3. The summed E-state index contributed by atoms with van der Waals surface area (Å²) in [6, 6.07) is 1.66. The van der Waals surface area contributed by atoms with Crippen LogP contribution in [0.3, 0.4) is 0 Å². The first-order valence-corrected chi connectivity index (χ1v) is 6.95. The largest absolute Gasteiger partial charge is 0.350 e. The maximum atomic E-state index is 12.1. The van der Waals surface area contributed by atoms with Gasteiger partial charge in [-0.1, -0.05) is 6.92 Å². The zero-order valence-electron chi connectivity index (χ0n) is 12.0. The number of carbonyl (C=O) groups is 1. The number of nitrogens with zero attached hydrogens (tertiary/aromatic N) is 3. The molecule has 1 aliphatic rings. The summed E-state index contributed by atoms with van der Waals surface area (Å²) in [6.07, 6.45) is 1.13. The molecule has 0 spiro atoms. The topological polar surface area (TPSA) is 96.2 Å². The lowest BCUT2D eigenvalue weighted by molar-refractivity contribution is 0.0942. The van der Waals surface area contributed by atoms with Gasteiger partial charge >= 0.3 is 0 Å². The van der Waals surface area contributed by atoms with Gasteiger partial charge in [0, 0.05) is 18.8 Å². The van der Waals surface area contributed by atoms with Crippen LogP contribution in [-0.2, 0) is 0 Å². The standard InChI is InChI=1S/C13H22N6O/c1-3-19-5-4-10(8-19)7-15-12(20)11-6-9(2)16-13(17-11)18-14/h6,10H,3-5,7-8,14H2,1-2H3,(H,15,20)(H,16,17,18). The van der Waals surface area contributed by atoms with E-state index < -0.39 is 0 Å². The molecule has 4 N–H and O–H groups in total. The van der Waals surface area contributed by atoms with Crippen LogP contribution < -0.4 is 16.6 Å². The van der Waals surface area contributed by atoms with E-state index >= 15 is 0 Å². The van der Waals surface area contributed by atoms with E-state index in [2.05, 4.69) is 32.5 Å². The number of nitrogens with one attached hydrogen (secondary N) is 2. The Labute approximate surface area is 118 Å². The molecule has 110 valence electrons. The minimum absolute atomic E-state index is 0.179. The minimum Gasteiger partial charge on any atom is -0.350 e. The summed E-state index contributed by atoms with van der Waals surface area (Å²) in [5, 5.41) is 2.94. The van der Waals surface area contributed by atoms with Crippen LogP contribution in [0.2, 0.25) is 0 Å². The predicted octanol–water partition coefficient (Wildman–Crippen LogP) is 0.142. The summed E-state index contributed by atoms with van der Waals surface area (Å²) in [5.74, 6) is 5.88. The van der Waals surface area contributed by atoms with Crippen LogP contribution in [0.25, 0.3) is 0 Å². The zero-order chi connectivity index (χ0) is 14.5. The highest BCUT2D eigenvalue weighted by Crippen LogP contribution is 2.14. The third kappa shape index (κ3) is 3.64. The van der Waals surface area contributed by atoms with Gasteiger partial charge in [-0.3, -0.25) is 10.2 Å². The van der Waals surface area contributed by atoms with E-state index in [-0.39, 0.29) is 11.9 Å². The van der Waals surface area contributed by atoms with Gasteiger partial charge in [-0.15, -0.1) is 0 Å². The number of nitrogen functional groups attached to an aromatic ring is 1. The molecule has 0 aliphatic carbocycles. The fraction of sp³-hybridized carbons (Fsp3) is 0.615. The number of anilines is 1. The molecule has 0 radical (unpaired) electrons. The summed E-state index contributed by atoms with van der Waals surface area (Å²) in [5.41, 5.74) is 3.41. The second-order valence-corrected chi connectivity index (χ2v) is 5.12. The molecule has 7 nitrogen and oxygen atoms in total. The lowest BCUT2D eigenvalue weighted by atomic mass is 10.1. The molecule has 0 bridgehead atoms. The van der Waals surface area contributed by atoms with Gasteiger partial charge < -0.3 is 10.2 Å². The van der Waals surface area contributed by atoms with Crippen LogP contribution in [0, 0.1) is 12.8 Å². The van der Waals surface area contributed by atoms with E-state index in [9.17, 15) is 4.79 Å². The Morgan fingerprint density at radius 2 is 2.35 bits per heavy atom. The van der Waals surface area contributed by atoms with Crippen molar-refractivity contribution in [3.8, 4) is 0 Å². The summed E-state index contributed by atoms with van der Waals surface area (Å²) >= 11 is 0. The number of likely N-dealkylation sites (tertiary alicyclic amines) is 1. The fourth-order valence-electron chi connectivity index (χ4n) is 2.44. The van der Waals surface area contributed by atoms with Gasteiger partial charge in [0.25, 0.3) is 5.91 Å². The maximum Gasteiger partial charge on any atom is 0.270 e. The van der Waals surface area contributed by atoms with Gasteiger partial charge in [0.2, 0.25) is 5.95 Å². The van der Waals surface area contributed by atoms with Crippen molar-refractivity contribution in [2.45, 2.75) is 20.3 Å². The average molecular weight is 278 g/mol. The number of amides is 1. The molecule has 7 heteroatoms. The highest BCUT2D eigenvalue weighted by molar-refractivity contribution is 5.92. The second kappa shape index (κ2) is 6.62. The van der Waals surface area contributed by atoms with Crippen molar-refractivity contribution in [2.75, 3.05) is 31.6 Å². The van der Waals surface area contributed by atoms with Crippen molar-refractivity contribution in [2.24, 2.45) is 11.8 Å². The Hall–Kier alpha value is -1.73. The van der Waals surface area contributed by atoms with E-state index in [4.69, 9.17) is 5.84 Å². The van der Waals surface area contributed by atoms with Crippen molar-refractivity contribution in [3.05, 3.63) is 17.5 Å². The van der Waals surface area contributed by atoms with E-state index in [0.717, 1.165) is 26.1 Å². The van der Waals surface area contributed by atoms with Gasteiger partial charge in [-0.05, 0) is 38.4 Å². The smallest absolute Gasteiger partial charge is 0.270 e. The molecule has 1 atom stereocenters. The molecule has 1 saturated heterocycles. The normalized spacial score (nSPS) is 19.1. The molecule has 1 unspecified atom stereocenters. The van der Waals surface area contributed by atoms with E-state index in [0.29, 0.717) is 23.9 Å². The Morgan fingerprint density at radius 3 is 3.00 bits per heavy atom. The third-order valence-electron chi connectivity index (χ3n) is 3.58. The Kier molecular flexibility index (Phi) is 4.86. The first kappa shape index (κ1) is 14.7. The molecule has 20 heavy (non-hydrogen) atoms. The highest BCUT2D eigenvalue weighted by Gasteiger charge is 2.22. The van der Waals surface area contributed by atoms with Gasteiger partial charge in [0.15, 0.2) is 0 Å². The SMILES string of the molecule is CCN1CCC(CNC(=O)c2cc(C)nc(NN)n2)C1. The number of nitrogens with two attached hydrogens (primary N) is 1. The van der Waals surface area contributed by atoms with Gasteiger partial charge in [0.1, 0.15) is 5.69 Å². The third-order valence-corrected chi connectivity index (χ3v) is 3.58. The average Bonchev–Trinajstić information content (AvgIpc) is 2.92. The summed E-state index contributed by atoms with van der Waals surface area (Å²) in [4.78, 5) is 22.6. The minimum atomic E-state index is -0.179. The Balaban J connectivity index is 1.90. The fourth-order valence-corrected chi connectivity index (χ4v) is 2.44. The second-order valence-electron chi connectivity index (χ2n) is 5.12. The van der Waals surface area contributed by atoms with Crippen LogP contribution >= 0.6 is 0 Å². The number of carbonyl (C=O) groups excluding carboxylic acids is 1. The number of hydrazine groups is 1. The number of rotatable bonds is 5. The Bertz CT molecular complexity index is 478. The molecule has 1 fully saturated rings. The number of aryl methyl sites for hydroxylation is 1. The van der Waals surface area contributed by atoms with Gasteiger partial charge in [-0.2, -0.15) is 0 Å². The molecule has 2 rings (SSSR count). The molecule has 1 aromatic rings. The summed E-state index contributed by atoms with van der Waals surface area (Å²) < 4.78 is 0. The lowest BCUT2D eigenvalue weighted by Crippen LogP contribution is -2.31. The number of hydrogen-bond acceptors (Lipinski definition) is 6. The molecular weight excluding hydrogens is 256 g/mol. The van der Waals surface area contributed by atoms with Crippen LogP contribution in [-0.4, -0.2) is 47.0 Å². The van der Waals surface area contributed by atoms with E-state index in [1.54, 1.807) is 13.0 Å². The molecule has 1 aromatic heterocycles. The van der Waals surface area contributed by atoms with E-state index in [1.165, 1.54) is 0 Å². The van der Waals surface area contributed by atoms with Crippen molar-refractivity contribution in [1.82, 2.24) is 20.2 Å². The summed E-state index contributed by atoms with van der Waals surface area (Å²) in [6.45, 7) is 7.88. The molecule has 0 saturated carbocycles. The molecule has 1 amide bonds.